The van der Waals surface area contributed by atoms with Crippen molar-refractivity contribution >= 4 is 29.3 Å². The van der Waals surface area contributed by atoms with Gasteiger partial charge in [-0.15, -0.1) is 11.8 Å². The van der Waals surface area contributed by atoms with Crippen LogP contribution in [0.1, 0.15) is 18.4 Å². The van der Waals surface area contributed by atoms with E-state index < -0.39 is 0 Å². The molecule has 0 aliphatic carbocycles. The molecule has 160 valence electrons. The topological polar surface area (TPSA) is 84.7 Å². The van der Waals surface area contributed by atoms with Gasteiger partial charge in [-0.1, -0.05) is 12.1 Å². The Hall–Kier alpha value is -2.51. The van der Waals surface area contributed by atoms with Crippen LogP contribution in [0.25, 0.3) is 0 Å². The maximum Gasteiger partial charge on any atom is 0.234 e. The maximum absolute atomic E-state index is 12.2. The fraction of sp³-hybridized carbons (Fsp3) is 0.391. The number of anilines is 1. The summed E-state index contributed by atoms with van der Waals surface area (Å²) < 4.78 is 5.14. The zero-order valence-corrected chi connectivity index (χ0v) is 18.1. The molecule has 2 aromatic carbocycles. The number of amides is 2. The number of methoxy groups -OCH3 is 1. The first kappa shape index (κ1) is 22.2. The molecule has 0 radical (unpaired) electrons. The van der Waals surface area contributed by atoms with Crippen LogP contribution in [0.5, 0.6) is 5.75 Å². The Bertz CT molecular complexity index is 832. The van der Waals surface area contributed by atoms with Crippen LogP contribution >= 0.6 is 11.8 Å². The predicted octanol–water partition coefficient (Wildman–Crippen LogP) is 3.17. The number of hydrogen-bond acceptors (Lipinski definition) is 5. The normalized spacial score (nSPS) is 15.0. The van der Waals surface area contributed by atoms with Crippen LogP contribution in [0.3, 0.4) is 0 Å². The van der Waals surface area contributed by atoms with Gasteiger partial charge in [-0.2, -0.15) is 0 Å². The molecule has 0 aromatic heterocycles. The maximum atomic E-state index is 12.2. The largest absolute Gasteiger partial charge is 0.497 e. The molecule has 0 bridgehead atoms. The fourth-order valence-corrected chi connectivity index (χ4v) is 4.20. The summed E-state index contributed by atoms with van der Waals surface area (Å²) in [4.78, 5) is 26.9. The smallest absolute Gasteiger partial charge is 0.234 e. The highest BCUT2D eigenvalue weighted by Crippen LogP contribution is 2.22. The molecule has 0 saturated carbocycles. The molecule has 2 amide bonds. The highest BCUT2D eigenvalue weighted by atomic mass is 32.2. The number of benzene rings is 2. The minimum Gasteiger partial charge on any atom is -0.497 e. The lowest BCUT2D eigenvalue weighted by atomic mass is 9.96. The quantitative estimate of drug-likeness (QED) is 0.601. The summed E-state index contributed by atoms with van der Waals surface area (Å²) in [6, 6.07) is 15.7. The summed E-state index contributed by atoms with van der Waals surface area (Å²) >= 11 is 1.49. The Labute approximate surface area is 182 Å². The Morgan fingerprint density at radius 2 is 1.77 bits per heavy atom. The number of hydrogen-bond donors (Lipinski definition) is 2. The fourth-order valence-electron chi connectivity index (χ4n) is 3.50. The number of nitrogens with two attached hydrogens (primary N) is 1. The summed E-state index contributed by atoms with van der Waals surface area (Å²) in [5, 5.41) is 2.94. The third-order valence-electron chi connectivity index (χ3n) is 5.37. The Morgan fingerprint density at radius 3 is 2.37 bits per heavy atom. The first-order chi connectivity index (χ1) is 14.5. The second-order valence-corrected chi connectivity index (χ2v) is 8.53. The molecule has 2 aromatic rings. The van der Waals surface area contributed by atoms with Crippen molar-refractivity contribution < 1.29 is 14.3 Å². The molecule has 3 rings (SSSR count). The van der Waals surface area contributed by atoms with Crippen molar-refractivity contribution in [3.8, 4) is 5.75 Å². The van der Waals surface area contributed by atoms with Gasteiger partial charge in [0.15, 0.2) is 0 Å². The number of piperidine rings is 1. The van der Waals surface area contributed by atoms with Gasteiger partial charge < -0.3 is 20.7 Å². The number of carbonyl (C=O) groups excluding carboxylic acids is 2. The van der Waals surface area contributed by atoms with Crippen LogP contribution in [-0.2, 0) is 16.0 Å². The zero-order valence-electron chi connectivity index (χ0n) is 17.3. The SMILES string of the molecule is COc1ccc(SCC(=O)Nc2ccc(CCN3CCC(C(N)=O)CC3)cc2)cc1. The van der Waals surface area contributed by atoms with Crippen LogP contribution in [0.15, 0.2) is 53.4 Å². The van der Waals surface area contributed by atoms with Crippen molar-refractivity contribution in [2.75, 3.05) is 37.8 Å². The van der Waals surface area contributed by atoms with Gasteiger partial charge in [-0.25, -0.2) is 0 Å². The van der Waals surface area contributed by atoms with Crippen molar-refractivity contribution in [1.82, 2.24) is 4.90 Å². The molecular formula is C23H29N3O3S. The molecule has 0 spiro atoms. The van der Waals surface area contributed by atoms with E-state index in [0.717, 1.165) is 55.2 Å². The summed E-state index contributed by atoms with van der Waals surface area (Å²) in [5.74, 6) is 0.997. The van der Waals surface area contributed by atoms with Crippen molar-refractivity contribution in [3.63, 3.8) is 0 Å². The van der Waals surface area contributed by atoms with Crippen molar-refractivity contribution in [2.24, 2.45) is 11.7 Å². The average Bonchev–Trinajstić information content (AvgIpc) is 2.78. The second kappa shape index (κ2) is 11.0. The molecule has 1 aliphatic heterocycles. The molecule has 1 saturated heterocycles. The Morgan fingerprint density at radius 1 is 1.10 bits per heavy atom. The first-order valence-corrected chi connectivity index (χ1v) is 11.2. The highest BCUT2D eigenvalue weighted by Gasteiger charge is 2.22. The van der Waals surface area contributed by atoms with Crippen LogP contribution < -0.4 is 15.8 Å². The molecular weight excluding hydrogens is 398 g/mol. The number of primary amides is 1. The lowest BCUT2D eigenvalue weighted by Gasteiger charge is -2.30. The van der Waals surface area contributed by atoms with Gasteiger partial charge in [0.2, 0.25) is 11.8 Å². The molecule has 1 heterocycles. The van der Waals surface area contributed by atoms with Crippen LogP contribution in [0, 0.1) is 5.92 Å². The van der Waals surface area contributed by atoms with Gasteiger partial charge in [-0.05, 0) is 74.3 Å². The molecule has 30 heavy (non-hydrogen) atoms. The molecule has 3 N–H and O–H groups in total. The third-order valence-corrected chi connectivity index (χ3v) is 6.39. The summed E-state index contributed by atoms with van der Waals surface area (Å²) in [6.07, 6.45) is 2.66. The molecule has 6 nitrogen and oxygen atoms in total. The van der Waals surface area contributed by atoms with Gasteiger partial charge in [0.1, 0.15) is 5.75 Å². The molecule has 1 fully saturated rings. The van der Waals surface area contributed by atoms with Crippen LogP contribution in [0.4, 0.5) is 5.69 Å². The van der Waals surface area contributed by atoms with E-state index in [2.05, 4.69) is 22.3 Å². The number of rotatable bonds is 9. The van der Waals surface area contributed by atoms with Gasteiger partial charge in [0.05, 0.1) is 12.9 Å². The van der Waals surface area contributed by atoms with E-state index in [1.165, 1.54) is 17.3 Å². The van der Waals surface area contributed by atoms with Gasteiger partial charge >= 0.3 is 0 Å². The summed E-state index contributed by atoms with van der Waals surface area (Å²) in [6.45, 7) is 2.82. The third kappa shape index (κ3) is 6.78. The highest BCUT2D eigenvalue weighted by molar-refractivity contribution is 8.00. The van der Waals surface area contributed by atoms with Crippen molar-refractivity contribution in [2.45, 2.75) is 24.2 Å². The van der Waals surface area contributed by atoms with E-state index in [1.54, 1.807) is 7.11 Å². The van der Waals surface area contributed by atoms with Gasteiger partial charge in [0, 0.05) is 23.0 Å². The summed E-state index contributed by atoms with van der Waals surface area (Å²) in [7, 11) is 1.63. The van der Waals surface area contributed by atoms with Crippen LogP contribution in [0.2, 0.25) is 0 Å². The van der Waals surface area contributed by atoms with E-state index >= 15 is 0 Å². The molecule has 7 heteroatoms. The van der Waals surface area contributed by atoms with E-state index in [4.69, 9.17) is 10.5 Å². The van der Waals surface area contributed by atoms with E-state index in [0.29, 0.717) is 5.75 Å². The number of likely N-dealkylation sites (tertiary alicyclic amines) is 1. The monoisotopic (exact) mass is 427 g/mol. The molecule has 1 aliphatic rings. The van der Waals surface area contributed by atoms with Crippen molar-refractivity contribution in [1.29, 1.82) is 0 Å². The standard InChI is InChI=1S/C23H29N3O3S/c1-29-20-6-8-21(9-7-20)30-16-22(27)25-19-4-2-17(3-5-19)10-13-26-14-11-18(12-15-26)23(24)28/h2-9,18H,10-16H2,1H3,(H2,24,28)(H,25,27). The van der Waals surface area contributed by atoms with E-state index in [9.17, 15) is 9.59 Å². The number of thioether (sulfide) groups is 1. The number of ether oxygens (including phenoxy) is 1. The Kier molecular flexibility index (Phi) is 8.16. The Balaban J connectivity index is 1.38. The predicted molar refractivity (Wildman–Crippen MR) is 121 cm³/mol. The zero-order chi connectivity index (χ0) is 21.3. The minimum absolute atomic E-state index is 0.0270. The van der Waals surface area contributed by atoms with E-state index in [-0.39, 0.29) is 17.7 Å². The second-order valence-electron chi connectivity index (χ2n) is 7.48. The molecule has 0 atom stereocenters. The van der Waals surface area contributed by atoms with E-state index in [1.807, 2.05) is 36.4 Å². The molecule has 0 unspecified atom stereocenters. The minimum atomic E-state index is -0.172. The van der Waals surface area contributed by atoms with Crippen molar-refractivity contribution in [3.05, 3.63) is 54.1 Å². The lowest BCUT2D eigenvalue weighted by molar-refractivity contribution is -0.123. The number of carbonyl (C=O) groups is 2. The van der Waals surface area contributed by atoms with Gasteiger partial charge in [-0.3, -0.25) is 9.59 Å². The van der Waals surface area contributed by atoms with Gasteiger partial charge in [0.25, 0.3) is 0 Å². The number of nitrogens with one attached hydrogen (secondary N) is 1. The number of nitrogens with zero attached hydrogens (tertiary/aromatic N) is 1. The average molecular weight is 428 g/mol. The van der Waals surface area contributed by atoms with Crippen LogP contribution in [-0.4, -0.2) is 49.2 Å². The summed E-state index contributed by atoms with van der Waals surface area (Å²) in [5.41, 5.74) is 7.43. The lowest BCUT2D eigenvalue weighted by Crippen LogP contribution is -2.39. The first-order valence-electron chi connectivity index (χ1n) is 10.2.